The molecule has 0 atom stereocenters. The summed E-state index contributed by atoms with van der Waals surface area (Å²) in [6.07, 6.45) is 1.90. The molecule has 0 aliphatic rings. The van der Waals surface area contributed by atoms with Crippen LogP contribution in [0.25, 0.3) is 27.3 Å². The standard InChI is InChI=1S/C18H14N2OS/c1-21-18-11-14(13-6-3-2-4-7-13)10-17-19-12-15(20(17)18)16-8-5-9-22-16/h2-12H,1H3. The zero-order valence-electron chi connectivity index (χ0n) is 12.1. The van der Waals surface area contributed by atoms with Crippen molar-refractivity contribution >= 4 is 17.0 Å². The van der Waals surface area contributed by atoms with E-state index in [4.69, 9.17) is 4.74 Å². The Morgan fingerprint density at radius 1 is 1.00 bits per heavy atom. The first-order valence-electron chi connectivity index (χ1n) is 7.01. The molecule has 0 saturated carbocycles. The number of thiophene rings is 1. The third-order valence-electron chi connectivity index (χ3n) is 3.66. The average Bonchev–Trinajstić information content (AvgIpc) is 3.23. The van der Waals surface area contributed by atoms with Crippen molar-refractivity contribution in [3.8, 4) is 27.6 Å². The van der Waals surface area contributed by atoms with Gasteiger partial charge in [0.25, 0.3) is 0 Å². The molecular weight excluding hydrogens is 292 g/mol. The number of fused-ring (bicyclic) bond motifs is 1. The molecule has 0 spiro atoms. The number of imidazole rings is 1. The lowest BCUT2D eigenvalue weighted by molar-refractivity contribution is 0.393. The number of benzene rings is 1. The van der Waals surface area contributed by atoms with Crippen molar-refractivity contribution in [3.63, 3.8) is 0 Å². The maximum absolute atomic E-state index is 5.61. The second-order valence-electron chi connectivity index (χ2n) is 4.97. The molecule has 22 heavy (non-hydrogen) atoms. The van der Waals surface area contributed by atoms with Gasteiger partial charge in [-0.1, -0.05) is 36.4 Å². The van der Waals surface area contributed by atoms with E-state index < -0.39 is 0 Å². The Labute approximate surface area is 132 Å². The first-order valence-corrected chi connectivity index (χ1v) is 7.89. The predicted octanol–water partition coefficient (Wildman–Crippen LogP) is 4.74. The molecule has 0 saturated heterocycles. The Morgan fingerprint density at radius 3 is 2.59 bits per heavy atom. The fourth-order valence-electron chi connectivity index (χ4n) is 2.62. The molecule has 1 aromatic carbocycles. The van der Waals surface area contributed by atoms with Gasteiger partial charge in [0.2, 0.25) is 0 Å². The highest BCUT2D eigenvalue weighted by atomic mass is 32.1. The summed E-state index contributed by atoms with van der Waals surface area (Å²) in [5, 5.41) is 2.07. The van der Waals surface area contributed by atoms with Crippen molar-refractivity contribution < 1.29 is 4.74 Å². The van der Waals surface area contributed by atoms with Crippen molar-refractivity contribution in [1.82, 2.24) is 9.38 Å². The molecule has 0 radical (unpaired) electrons. The summed E-state index contributed by atoms with van der Waals surface area (Å²) in [5.74, 6) is 0.789. The number of hydrogen-bond donors (Lipinski definition) is 0. The molecule has 0 aliphatic carbocycles. The van der Waals surface area contributed by atoms with E-state index in [1.54, 1.807) is 18.4 Å². The first-order chi connectivity index (χ1) is 10.9. The molecule has 108 valence electrons. The molecule has 3 heterocycles. The van der Waals surface area contributed by atoms with Crippen LogP contribution >= 0.6 is 11.3 Å². The molecule has 4 heteroatoms. The average molecular weight is 306 g/mol. The van der Waals surface area contributed by atoms with Crippen LogP contribution in [-0.4, -0.2) is 16.5 Å². The van der Waals surface area contributed by atoms with Gasteiger partial charge in [0.05, 0.1) is 23.9 Å². The molecule has 0 unspecified atom stereocenters. The van der Waals surface area contributed by atoms with E-state index in [-0.39, 0.29) is 0 Å². The van der Waals surface area contributed by atoms with E-state index in [1.165, 1.54) is 4.88 Å². The number of rotatable bonds is 3. The highest BCUT2D eigenvalue weighted by Crippen LogP contribution is 2.32. The number of ether oxygens (including phenoxy) is 1. The summed E-state index contributed by atoms with van der Waals surface area (Å²) in [4.78, 5) is 5.74. The zero-order chi connectivity index (χ0) is 14.9. The fourth-order valence-corrected chi connectivity index (χ4v) is 3.35. The number of nitrogens with zero attached hydrogens (tertiary/aromatic N) is 2. The van der Waals surface area contributed by atoms with E-state index in [0.717, 1.165) is 28.3 Å². The summed E-state index contributed by atoms with van der Waals surface area (Å²) in [6, 6.07) is 18.6. The van der Waals surface area contributed by atoms with Crippen molar-refractivity contribution in [1.29, 1.82) is 0 Å². The topological polar surface area (TPSA) is 26.5 Å². The van der Waals surface area contributed by atoms with Crippen LogP contribution in [0, 0.1) is 0 Å². The van der Waals surface area contributed by atoms with E-state index >= 15 is 0 Å². The number of pyridine rings is 1. The first kappa shape index (κ1) is 13.1. The highest BCUT2D eigenvalue weighted by molar-refractivity contribution is 7.13. The minimum absolute atomic E-state index is 0.789. The molecule has 4 aromatic rings. The van der Waals surface area contributed by atoms with E-state index in [0.29, 0.717) is 0 Å². The second kappa shape index (κ2) is 5.31. The van der Waals surface area contributed by atoms with E-state index in [1.807, 2.05) is 30.5 Å². The maximum atomic E-state index is 5.61. The lowest BCUT2D eigenvalue weighted by Crippen LogP contribution is -1.96. The van der Waals surface area contributed by atoms with E-state index in [2.05, 4.69) is 45.1 Å². The van der Waals surface area contributed by atoms with Gasteiger partial charge in [-0.15, -0.1) is 11.3 Å². The van der Waals surface area contributed by atoms with Gasteiger partial charge < -0.3 is 4.74 Å². The largest absolute Gasteiger partial charge is 0.482 e. The van der Waals surface area contributed by atoms with Crippen LogP contribution in [0.4, 0.5) is 0 Å². The van der Waals surface area contributed by atoms with Gasteiger partial charge in [-0.05, 0) is 28.6 Å². The minimum atomic E-state index is 0.789. The van der Waals surface area contributed by atoms with Gasteiger partial charge in [0.1, 0.15) is 5.65 Å². The maximum Gasteiger partial charge on any atom is 0.200 e. The Bertz CT molecular complexity index is 911. The third-order valence-corrected chi connectivity index (χ3v) is 4.56. The van der Waals surface area contributed by atoms with Gasteiger partial charge >= 0.3 is 0 Å². The van der Waals surface area contributed by atoms with Gasteiger partial charge in [0.15, 0.2) is 5.88 Å². The van der Waals surface area contributed by atoms with Crippen molar-refractivity contribution in [2.75, 3.05) is 7.11 Å². The zero-order valence-corrected chi connectivity index (χ0v) is 12.9. The number of methoxy groups -OCH3 is 1. The van der Waals surface area contributed by atoms with Crippen molar-refractivity contribution in [3.05, 3.63) is 66.2 Å². The summed E-state index contributed by atoms with van der Waals surface area (Å²) < 4.78 is 7.67. The molecule has 0 fully saturated rings. The molecule has 4 rings (SSSR count). The molecule has 0 aliphatic heterocycles. The smallest absolute Gasteiger partial charge is 0.200 e. The van der Waals surface area contributed by atoms with Gasteiger partial charge in [-0.25, -0.2) is 4.98 Å². The quantitative estimate of drug-likeness (QED) is 0.546. The van der Waals surface area contributed by atoms with Gasteiger partial charge in [0, 0.05) is 6.07 Å². The molecule has 0 bridgehead atoms. The number of hydrogen-bond acceptors (Lipinski definition) is 3. The van der Waals surface area contributed by atoms with Crippen LogP contribution in [-0.2, 0) is 0 Å². The summed E-state index contributed by atoms with van der Waals surface area (Å²) >= 11 is 1.70. The summed E-state index contributed by atoms with van der Waals surface area (Å²) in [6.45, 7) is 0. The summed E-state index contributed by atoms with van der Waals surface area (Å²) in [7, 11) is 1.70. The Balaban J connectivity index is 1.96. The molecule has 0 amide bonds. The van der Waals surface area contributed by atoms with Crippen LogP contribution < -0.4 is 4.74 Å². The van der Waals surface area contributed by atoms with Gasteiger partial charge in [-0.3, -0.25) is 4.40 Å². The van der Waals surface area contributed by atoms with Crippen molar-refractivity contribution in [2.24, 2.45) is 0 Å². The van der Waals surface area contributed by atoms with E-state index in [9.17, 15) is 0 Å². The third kappa shape index (κ3) is 2.09. The second-order valence-corrected chi connectivity index (χ2v) is 5.91. The molecular formula is C18H14N2OS. The molecule has 3 aromatic heterocycles. The Morgan fingerprint density at radius 2 is 1.86 bits per heavy atom. The monoisotopic (exact) mass is 306 g/mol. The lowest BCUT2D eigenvalue weighted by Gasteiger charge is -2.10. The lowest BCUT2D eigenvalue weighted by atomic mass is 10.1. The number of aromatic nitrogens is 2. The Hall–Kier alpha value is -2.59. The van der Waals surface area contributed by atoms with Crippen LogP contribution in [0.15, 0.2) is 66.2 Å². The SMILES string of the molecule is COc1cc(-c2ccccc2)cc2ncc(-c3cccs3)n12. The highest BCUT2D eigenvalue weighted by Gasteiger charge is 2.13. The minimum Gasteiger partial charge on any atom is -0.482 e. The van der Waals surface area contributed by atoms with Crippen LogP contribution in [0.1, 0.15) is 0 Å². The van der Waals surface area contributed by atoms with Gasteiger partial charge in [-0.2, -0.15) is 0 Å². The van der Waals surface area contributed by atoms with Crippen LogP contribution in [0.2, 0.25) is 0 Å². The van der Waals surface area contributed by atoms with Crippen molar-refractivity contribution in [2.45, 2.75) is 0 Å². The normalized spacial score (nSPS) is 11.0. The fraction of sp³-hybridized carbons (Fsp3) is 0.0556. The summed E-state index contributed by atoms with van der Waals surface area (Å²) in [5.41, 5.74) is 4.21. The predicted molar refractivity (Wildman–Crippen MR) is 90.5 cm³/mol. The molecule has 3 nitrogen and oxygen atoms in total. The van der Waals surface area contributed by atoms with Crippen LogP contribution in [0.3, 0.4) is 0 Å². The Kier molecular flexibility index (Phi) is 3.16. The van der Waals surface area contributed by atoms with Crippen LogP contribution in [0.5, 0.6) is 5.88 Å². The molecule has 0 N–H and O–H groups in total.